The molecule has 7 nitrogen and oxygen atoms in total. The van der Waals surface area contributed by atoms with Gasteiger partial charge in [-0.1, -0.05) is 11.6 Å². The molecule has 0 radical (unpaired) electrons. The maximum absolute atomic E-state index is 11.9. The molecule has 8 heteroatoms. The second kappa shape index (κ2) is 9.53. The van der Waals surface area contributed by atoms with E-state index in [1.54, 1.807) is 62.6 Å². The molecule has 0 heterocycles. The van der Waals surface area contributed by atoms with Gasteiger partial charge in [-0.15, -0.1) is 0 Å². The summed E-state index contributed by atoms with van der Waals surface area (Å²) >= 11 is 5.78. The number of hydrogen-bond acceptors (Lipinski definition) is 5. The van der Waals surface area contributed by atoms with Crippen LogP contribution in [0.5, 0.6) is 17.2 Å². The van der Waals surface area contributed by atoms with Crippen LogP contribution in [-0.4, -0.2) is 31.6 Å². The fraction of sp³-hybridized carbons (Fsp3) is 0.222. The number of rotatable bonds is 7. The Morgan fingerprint density at radius 1 is 0.962 bits per heavy atom. The van der Waals surface area contributed by atoms with Crippen molar-refractivity contribution in [1.82, 2.24) is 10.9 Å². The minimum atomic E-state index is -0.806. The lowest BCUT2D eigenvalue weighted by Crippen LogP contribution is -2.48. The summed E-state index contributed by atoms with van der Waals surface area (Å²) in [4.78, 5) is 23.7. The van der Waals surface area contributed by atoms with Crippen molar-refractivity contribution in [2.75, 3.05) is 13.7 Å². The second-order valence-corrected chi connectivity index (χ2v) is 5.65. The number of amides is 2. The molecule has 0 saturated heterocycles. The van der Waals surface area contributed by atoms with Crippen molar-refractivity contribution in [1.29, 1.82) is 0 Å². The van der Waals surface area contributed by atoms with E-state index < -0.39 is 17.9 Å². The Bertz CT molecular complexity index is 734. The molecule has 2 rings (SSSR count). The third-order valence-corrected chi connectivity index (χ3v) is 3.50. The summed E-state index contributed by atoms with van der Waals surface area (Å²) in [5.41, 5.74) is 4.54. The zero-order valence-electron chi connectivity index (χ0n) is 14.3. The first-order valence-electron chi connectivity index (χ1n) is 7.75. The Labute approximate surface area is 156 Å². The van der Waals surface area contributed by atoms with Gasteiger partial charge in [-0.3, -0.25) is 20.4 Å². The van der Waals surface area contributed by atoms with Crippen molar-refractivity contribution in [2.24, 2.45) is 0 Å². The topological polar surface area (TPSA) is 85.9 Å². The van der Waals surface area contributed by atoms with Gasteiger partial charge in [-0.25, -0.2) is 0 Å². The Morgan fingerprint density at radius 2 is 1.54 bits per heavy atom. The lowest BCUT2D eigenvalue weighted by atomic mass is 10.3. The molecule has 0 aliphatic rings. The maximum Gasteiger partial charge on any atom is 0.279 e. The van der Waals surface area contributed by atoms with Crippen LogP contribution in [0.1, 0.15) is 6.92 Å². The van der Waals surface area contributed by atoms with Crippen molar-refractivity contribution >= 4 is 23.4 Å². The van der Waals surface area contributed by atoms with Crippen molar-refractivity contribution < 1.29 is 23.8 Å². The van der Waals surface area contributed by atoms with E-state index in [4.69, 9.17) is 25.8 Å². The van der Waals surface area contributed by atoms with E-state index >= 15 is 0 Å². The summed E-state index contributed by atoms with van der Waals surface area (Å²) in [5.74, 6) is 0.673. The van der Waals surface area contributed by atoms with Gasteiger partial charge in [0.2, 0.25) is 0 Å². The molecule has 0 aliphatic carbocycles. The Balaban J connectivity index is 1.71. The summed E-state index contributed by atoms with van der Waals surface area (Å²) in [5, 5.41) is 0.568. The zero-order chi connectivity index (χ0) is 18.9. The molecule has 138 valence electrons. The average molecular weight is 379 g/mol. The van der Waals surface area contributed by atoms with Crippen LogP contribution in [-0.2, 0) is 9.59 Å². The molecule has 0 bridgehead atoms. The fourth-order valence-electron chi connectivity index (χ4n) is 1.86. The molecule has 1 unspecified atom stereocenters. The number of benzene rings is 2. The molecule has 0 aromatic heterocycles. The maximum atomic E-state index is 11.9. The fourth-order valence-corrected chi connectivity index (χ4v) is 1.99. The highest BCUT2D eigenvalue weighted by atomic mass is 35.5. The largest absolute Gasteiger partial charge is 0.497 e. The van der Waals surface area contributed by atoms with Gasteiger partial charge in [-0.2, -0.15) is 0 Å². The molecule has 0 aliphatic heterocycles. The van der Waals surface area contributed by atoms with E-state index in [2.05, 4.69) is 10.9 Å². The Kier molecular flexibility index (Phi) is 7.11. The highest BCUT2D eigenvalue weighted by Crippen LogP contribution is 2.17. The van der Waals surface area contributed by atoms with Gasteiger partial charge < -0.3 is 14.2 Å². The number of methoxy groups -OCH3 is 1. The zero-order valence-corrected chi connectivity index (χ0v) is 15.1. The SMILES string of the molecule is COc1ccc(OCC(=O)NNC(=O)C(C)Oc2ccc(Cl)cc2)cc1. The van der Waals surface area contributed by atoms with Crippen LogP contribution in [0.3, 0.4) is 0 Å². The minimum absolute atomic E-state index is 0.251. The number of ether oxygens (including phenoxy) is 3. The van der Waals surface area contributed by atoms with E-state index in [9.17, 15) is 9.59 Å². The predicted octanol–water partition coefficient (Wildman–Crippen LogP) is 2.34. The van der Waals surface area contributed by atoms with E-state index in [0.29, 0.717) is 22.3 Å². The van der Waals surface area contributed by atoms with Gasteiger partial charge in [0.15, 0.2) is 12.7 Å². The number of hydrogen-bond donors (Lipinski definition) is 2. The van der Waals surface area contributed by atoms with Crippen LogP contribution in [0.2, 0.25) is 5.02 Å². The van der Waals surface area contributed by atoms with Crippen LogP contribution >= 0.6 is 11.6 Å². The number of carbonyl (C=O) groups is 2. The molecular formula is C18H19ClN2O5. The summed E-state index contributed by atoms with van der Waals surface area (Å²) < 4.78 is 15.8. The normalized spacial score (nSPS) is 11.2. The highest BCUT2D eigenvalue weighted by molar-refractivity contribution is 6.30. The smallest absolute Gasteiger partial charge is 0.279 e. The molecule has 2 amide bonds. The number of halogens is 1. The summed E-state index contributed by atoms with van der Waals surface area (Å²) in [7, 11) is 1.56. The van der Waals surface area contributed by atoms with Crippen molar-refractivity contribution in [3.63, 3.8) is 0 Å². The molecule has 0 fully saturated rings. The average Bonchev–Trinajstić information content (AvgIpc) is 2.66. The molecule has 0 spiro atoms. The van der Waals surface area contributed by atoms with Gasteiger partial charge in [-0.05, 0) is 55.5 Å². The van der Waals surface area contributed by atoms with Crippen LogP contribution in [0, 0.1) is 0 Å². The monoisotopic (exact) mass is 378 g/mol. The van der Waals surface area contributed by atoms with Crippen molar-refractivity contribution in [3.05, 3.63) is 53.6 Å². The van der Waals surface area contributed by atoms with Crippen molar-refractivity contribution in [3.8, 4) is 17.2 Å². The van der Waals surface area contributed by atoms with Gasteiger partial charge in [0.25, 0.3) is 11.8 Å². The summed E-state index contributed by atoms with van der Waals surface area (Å²) in [6.45, 7) is 1.31. The Morgan fingerprint density at radius 3 is 2.15 bits per heavy atom. The van der Waals surface area contributed by atoms with Crippen molar-refractivity contribution in [2.45, 2.75) is 13.0 Å². The number of hydrazine groups is 1. The first-order valence-corrected chi connectivity index (χ1v) is 8.13. The van der Waals surface area contributed by atoms with E-state index in [1.807, 2.05) is 0 Å². The standard InChI is InChI=1S/C18H19ClN2O5/c1-12(26-16-5-3-13(19)4-6-16)18(23)21-20-17(22)11-25-15-9-7-14(24-2)8-10-15/h3-10,12H,11H2,1-2H3,(H,20,22)(H,21,23). The van der Waals surface area contributed by atoms with E-state index in [0.717, 1.165) is 0 Å². The minimum Gasteiger partial charge on any atom is -0.497 e. The first-order chi connectivity index (χ1) is 12.5. The lowest BCUT2D eigenvalue weighted by Gasteiger charge is -2.15. The molecule has 0 saturated carbocycles. The third-order valence-electron chi connectivity index (χ3n) is 3.25. The third kappa shape index (κ3) is 6.18. The number of carbonyl (C=O) groups excluding carboxylic acids is 2. The van der Waals surface area contributed by atoms with Crippen LogP contribution in [0.15, 0.2) is 48.5 Å². The predicted molar refractivity (Wildman–Crippen MR) is 96.3 cm³/mol. The molecule has 2 aromatic carbocycles. The first kappa shape index (κ1) is 19.4. The molecule has 26 heavy (non-hydrogen) atoms. The second-order valence-electron chi connectivity index (χ2n) is 5.22. The summed E-state index contributed by atoms with van der Waals surface area (Å²) in [6.07, 6.45) is -0.806. The van der Waals surface area contributed by atoms with Crippen LogP contribution in [0.4, 0.5) is 0 Å². The molecule has 1 atom stereocenters. The highest BCUT2D eigenvalue weighted by Gasteiger charge is 2.15. The molecule has 2 aromatic rings. The number of nitrogens with one attached hydrogen (secondary N) is 2. The van der Waals surface area contributed by atoms with Gasteiger partial charge in [0, 0.05) is 5.02 Å². The van der Waals surface area contributed by atoms with E-state index in [1.165, 1.54) is 0 Å². The van der Waals surface area contributed by atoms with Crippen LogP contribution in [0.25, 0.3) is 0 Å². The van der Waals surface area contributed by atoms with Crippen LogP contribution < -0.4 is 25.1 Å². The van der Waals surface area contributed by atoms with Gasteiger partial charge in [0.05, 0.1) is 7.11 Å². The molecule has 2 N–H and O–H groups in total. The van der Waals surface area contributed by atoms with E-state index in [-0.39, 0.29) is 6.61 Å². The lowest BCUT2D eigenvalue weighted by molar-refractivity contribution is -0.133. The molecular weight excluding hydrogens is 360 g/mol. The van der Waals surface area contributed by atoms with Gasteiger partial charge >= 0.3 is 0 Å². The quantitative estimate of drug-likeness (QED) is 0.722. The Hall–Kier alpha value is -2.93. The summed E-state index contributed by atoms with van der Waals surface area (Å²) in [6, 6.07) is 13.4. The van der Waals surface area contributed by atoms with Gasteiger partial charge in [0.1, 0.15) is 17.2 Å².